The van der Waals surface area contributed by atoms with Crippen molar-refractivity contribution in [3.63, 3.8) is 0 Å². The van der Waals surface area contributed by atoms with Gasteiger partial charge in [-0.3, -0.25) is 4.57 Å². The highest BCUT2D eigenvalue weighted by molar-refractivity contribution is 9.15. The Labute approximate surface area is 161 Å². The van der Waals surface area contributed by atoms with Crippen molar-refractivity contribution < 1.29 is 0 Å². The van der Waals surface area contributed by atoms with Gasteiger partial charge in [-0.25, -0.2) is 0 Å². The minimum Gasteiger partial charge on any atom is -0.256 e. The van der Waals surface area contributed by atoms with Crippen LogP contribution in [0.4, 0.5) is 0 Å². The lowest BCUT2D eigenvalue weighted by atomic mass is 10.0. The van der Waals surface area contributed by atoms with Gasteiger partial charge in [0, 0.05) is 27.4 Å². The standard InChI is InChI=1S/C24H15BrN/c25-21-12-7-13-23-24(21)20-16-18(17-8-3-1-4-9-17)14-15-22(20)26(23)19-10-5-2-6-11-19/h1-6,8-16H/q+1. The number of aromatic nitrogens is 1. The van der Waals surface area contributed by atoms with E-state index in [-0.39, 0.29) is 0 Å². The normalized spacial score (nSPS) is 12.6. The lowest BCUT2D eigenvalue weighted by molar-refractivity contribution is 1.10. The molecule has 5 rings (SSSR count). The largest absolute Gasteiger partial charge is 0.256 e. The van der Waals surface area contributed by atoms with Crippen LogP contribution >= 0.6 is 15.9 Å². The van der Waals surface area contributed by atoms with E-state index >= 15 is 0 Å². The molecule has 0 amide bonds. The van der Waals surface area contributed by atoms with Crippen LogP contribution in [0.1, 0.15) is 11.3 Å². The first-order valence-corrected chi connectivity index (χ1v) is 9.37. The minimum atomic E-state index is 1.07. The number of halogens is 1. The lowest BCUT2D eigenvalue weighted by Gasteiger charge is -2.06. The van der Waals surface area contributed by atoms with Crippen LogP contribution in [0.2, 0.25) is 0 Å². The van der Waals surface area contributed by atoms with Gasteiger partial charge in [0.15, 0.2) is 5.69 Å². The van der Waals surface area contributed by atoms with Crippen molar-refractivity contribution in [2.75, 3.05) is 0 Å². The van der Waals surface area contributed by atoms with Gasteiger partial charge >= 0.3 is 0 Å². The molecule has 1 aliphatic carbocycles. The maximum atomic E-state index is 3.74. The van der Waals surface area contributed by atoms with Crippen molar-refractivity contribution in [2.45, 2.75) is 0 Å². The second-order valence-electron chi connectivity index (χ2n) is 6.33. The van der Waals surface area contributed by atoms with E-state index in [1.54, 1.807) is 0 Å². The Balaban J connectivity index is 1.85. The molecule has 0 N–H and O–H groups in total. The first-order valence-electron chi connectivity index (χ1n) is 8.57. The fourth-order valence-electron chi connectivity index (χ4n) is 3.63. The molecule has 0 radical (unpaired) electrons. The summed E-state index contributed by atoms with van der Waals surface area (Å²) in [5.41, 5.74) is 7.20. The van der Waals surface area contributed by atoms with Crippen LogP contribution in [0.5, 0.6) is 0 Å². The molecule has 1 nitrogen and oxygen atoms in total. The van der Waals surface area contributed by atoms with Crippen molar-refractivity contribution in [2.24, 2.45) is 0 Å². The third kappa shape index (κ3) is 2.35. The van der Waals surface area contributed by atoms with Gasteiger partial charge in [-0.15, -0.1) is 0 Å². The van der Waals surface area contributed by atoms with E-state index in [9.17, 15) is 0 Å². The number of hydrogen-bond acceptors (Lipinski definition) is 0. The monoisotopic (exact) mass is 396 g/mol. The Hall–Kier alpha value is -2.93. The number of rotatable bonds is 2. The van der Waals surface area contributed by atoms with Gasteiger partial charge < -0.3 is 0 Å². The van der Waals surface area contributed by atoms with Gasteiger partial charge in [0.05, 0.1) is 11.2 Å². The third-order valence-corrected chi connectivity index (χ3v) is 5.42. The molecule has 122 valence electrons. The molecule has 0 atom stereocenters. The Morgan fingerprint density at radius 3 is 2.27 bits per heavy atom. The van der Waals surface area contributed by atoms with E-state index in [2.05, 4.69) is 105 Å². The molecule has 0 spiro atoms. The fraction of sp³-hybridized carbons (Fsp3) is 0. The van der Waals surface area contributed by atoms with Gasteiger partial charge in [0.1, 0.15) is 22.2 Å². The summed E-state index contributed by atoms with van der Waals surface area (Å²) < 4.78 is 3.38. The van der Waals surface area contributed by atoms with E-state index < -0.39 is 0 Å². The number of allylic oxidation sites excluding steroid dienone is 2. The van der Waals surface area contributed by atoms with Crippen LogP contribution in [0.25, 0.3) is 38.3 Å². The zero-order valence-corrected chi connectivity index (χ0v) is 15.6. The predicted molar refractivity (Wildman–Crippen MR) is 113 cm³/mol. The summed E-state index contributed by atoms with van der Waals surface area (Å²) in [7, 11) is 0. The maximum Gasteiger partial charge on any atom is 0.167 e. The zero-order chi connectivity index (χ0) is 17.5. The second kappa shape index (κ2) is 6.10. The highest BCUT2D eigenvalue weighted by atomic mass is 79.9. The summed E-state index contributed by atoms with van der Waals surface area (Å²) in [6.07, 6.45) is 7.31. The van der Waals surface area contributed by atoms with Crippen molar-refractivity contribution in [1.82, 2.24) is 4.57 Å². The number of hydrogen-bond donors (Lipinski definition) is 0. The molecule has 1 heterocycles. The van der Waals surface area contributed by atoms with Crippen LogP contribution in [-0.4, -0.2) is 4.57 Å². The Morgan fingerprint density at radius 2 is 1.50 bits per heavy atom. The molecule has 2 heteroatoms. The van der Waals surface area contributed by atoms with Gasteiger partial charge in [-0.05, 0) is 35.4 Å². The molecule has 0 aliphatic heterocycles. The fourth-order valence-corrected chi connectivity index (χ4v) is 4.18. The smallest absolute Gasteiger partial charge is 0.167 e. The van der Waals surface area contributed by atoms with Gasteiger partial charge in [0.2, 0.25) is 0 Å². The second-order valence-corrected chi connectivity index (χ2v) is 7.19. The van der Waals surface area contributed by atoms with E-state index in [0.717, 1.165) is 15.9 Å². The Bertz CT molecular complexity index is 1170. The molecule has 0 unspecified atom stereocenters. The molecule has 1 aromatic heterocycles. The van der Waals surface area contributed by atoms with E-state index in [4.69, 9.17) is 0 Å². The highest BCUT2D eigenvalue weighted by Crippen LogP contribution is 2.40. The lowest BCUT2D eigenvalue weighted by Crippen LogP contribution is -1.98. The molecule has 0 saturated heterocycles. The number of para-hydroxylation sites is 1. The van der Waals surface area contributed by atoms with Crippen LogP contribution in [-0.2, 0) is 0 Å². The first-order chi connectivity index (χ1) is 12.8. The quantitative estimate of drug-likeness (QED) is 0.326. The topological polar surface area (TPSA) is 4.93 Å². The predicted octanol–water partition coefficient (Wildman–Crippen LogP) is 6.86. The van der Waals surface area contributed by atoms with E-state index in [1.165, 1.54) is 27.6 Å². The maximum absolute atomic E-state index is 3.74. The summed E-state index contributed by atoms with van der Waals surface area (Å²) in [4.78, 5) is 0. The summed E-state index contributed by atoms with van der Waals surface area (Å²) in [6.45, 7) is 0. The zero-order valence-electron chi connectivity index (χ0n) is 14.0. The third-order valence-electron chi connectivity index (χ3n) is 4.79. The molecule has 26 heavy (non-hydrogen) atoms. The average Bonchev–Trinajstić information content (AvgIpc) is 3.04. The number of fused-ring (bicyclic) bond motifs is 3. The number of nitrogens with zero attached hydrogens (tertiary/aromatic N) is 1. The first kappa shape index (κ1) is 15.3. The SMILES string of the molecule is BrC1=C[C+]=Cc2c1c1cc(-c3ccccc3)ccc1n2-c1ccccc1. The molecule has 3 aromatic carbocycles. The molecule has 0 bridgehead atoms. The summed E-state index contributed by atoms with van der Waals surface area (Å²) in [6, 6.07) is 27.7. The van der Waals surface area contributed by atoms with Gasteiger partial charge in [0.25, 0.3) is 0 Å². The highest BCUT2D eigenvalue weighted by Gasteiger charge is 2.28. The van der Waals surface area contributed by atoms with Crippen LogP contribution in [0.3, 0.4) is 0 Å². The molecule has 0 saturated carbocycles. The summed E-state index contributed by atoms with van der Waals surface area (Å²) in [5, 5.41) is 1.24. The summed E-state index contributed by atoms with van der Waals surface area (Å²) in [5.74, 6) is 0. The van der Waals surface area contributed by atoms with E-state index in [0.29, 0.717) is 0 Å². The van der Waals surface area contributed by atoms with Gasteiger partial charge in [-0.1, -0.05) is 54.6 Å². The molecule has 0 fully saturated rings. The van der Waals surface area contributed by atoms with E-state index in [1.807, 2.05) is 12.1 Å². The average molecular weight is 397 g/mol. The van der Waals surface area contributed by atoms with Crippen LogP contribution in [0, 0.1) is 6.08 Å². The molecular weight excluding hydrogens is 382 g/mol. The van der Waals surface area contributed by atoms with Crippen molar-refractivity contribution in [1.29, 1.82) is 0 Å². The van der Waals surface area contributed by atoms with Crippen LogP contribution < -0.4 is 0 Å². The molecular formula is C24H15BrN+. The van der Waals surface area contributed by atoms with Crippen molar-refractivity contribution in [3.8, 4) is 16.8 Å². The Kier molecular flexibility index (Phi) is 3.60. The Morgan fingerprint density at radius 1 is 0.769 bits per heavy atom. The molecule has 4 aromatic rings. The summed E-state index contributed by atoms with van der Waals surface area (Å²) >= 11 is 3.74. The van der Waals surface area contributed by atoms with Crippen molar-refractivity contribution >= 4 is 37.4 Å². The minimum absolute atomic E-state index is 1.07. The van der Waals surface area contributed by atoms with Crippen molar-refractivity contribution in [3.05, 3.63) is 102 Å². The van der Waals surface area contributed by atoms with Crippen LogP contribution in [0.15, 0.2) is 84.9 Å². The molecule has 1 aliphatic rings. The van der Waals surface area contributed by atoms with Gasteiger partial charge in [-0.2, -0.15) is 0 Å². The number of benzene rings is 3.